The fraction of sp³-hybridized carbons (Fsp3) is 0.409. The summed E-state index contributed by atoms with van der Waals surface area (Å²) in [7, 11) is 0. The molecule has 1 aromatic heterocycles. The normalized spacial score (nSPS) is 18.4. The Hall–Kier alpha value is -2.17. The number of hydrogen-bond donors (Lipinski definition) is 2. The predicted molar refractivity (Wildman–Crippen MR) is 107 cm³/mol. The van der Waals surface area contributed by atoms with Crippen molar-refractivity contribution in [3.63, 3.8) is 0 Å². The van der Waals surface area contributed by atoms with Crippen LogP contribution in [0.25, 0.3) is 11.0 Å². The largest absolute Gasteiger partial charge is 0.342 e. The molecule has 4 heteroatoms. The first kappa shape index (κ1) is 17.3. The van der Waals surface area contributed by atoms with Gasteiger partial charge in [0.2, 0.25) is 0 Å². The molecular weight excluding hydrogens is 320 g/mol. The number of para-hydroxylation sites is 2. The molecule has 1 fully saturated rings. The number of H-pyrrole nitrogens is 1. The minimum atomic E-state index is 0.677. The third-order valence-electron chi connectivity index (χ3n) is 5.35. The molecule has 0 aliphatic carbocycles. The number of rotatable bonds is 6. The van der Waals surface area contributed by atoms with Gasteiger partial charge in [-0.3, -0.25) is 4.90 Å². The molecule has 2 aromatic carbocycles. The van der Waals surface area contributed by atoms with Crippen molar-refractivity contribution in [3.8, 4) is 0 Å². The number of nitrogens with two attached hydrogens (primary N) is 1. The molecule has 0 unspecified atom stereocenters. The maximum atomic E-state index is 5.69. The van der Waals surface area contributed by atoms with Crippen molar-refractivity contribution in [2.45, 2.75) is 32.2 Å². The summed E-state index contributed by atoms with van der Waals surface area (Å²) in [5, 5.41) is 0. The Bertz CT molecular complexity index is 821. The Kier molecular flexibility index (Phi) is 5.32. The fourth-order valence-electron chi connectivity index (χ4n) is 4.15. The highest BCUT2D eigenvalue weighted by molar-refractivity contribution is 5.74. The summed E-state index contributed by atoms with van der Waals surface area (Å²) in [4.78, 5) is 10.8. The first-order chi connectivity index (χ1) is 12.8. The number of hydrogen-bond acceptors (Lipinski definition) is 3. The minimum Gasteiger partial charge on any atom is -0.342 e. The van der Waals surface area contributed by atoms with Crippen molar-refractivity contribution in [2.75, 3.05) is 19.6 Å². The van der Waals surface area contributed by atoms with Gasteiger partial charge in [-0.05, 0) is 61.5 Å². The van der Waals surface area contributed by atoms with E-state index in [9.17, 15) is 0 Å². The Morgan fingerprint density at radius 3 is 2.88 bits per heavy atom. The monoisotopic (exact) mass is 348 g/mol. The molecule has 1 aliphatic rings. The number of nitrogens with zero attached hydrogens (tertiary/aromatic N) is 2. The van der Waals surface area contributed by atoms with E-state index < -0.39 is 0 Å². The molecule has 0 spiro atoms. The lowest BCUT2D eigenvalue weighted by Gasteiger charge is -2.32. The number of benzene rings is 2. The van der Waals surface area contributed by atoms with E-state index in [0.29, 0.717) is 12.5 Å². The van der Waals surface area contributed by atoms with Gasteiger partial charge in [0, 0.05) is 19.5 Å². The van der Waals surface area contributed by atoms with Gasteiger partial charge in [0.15, 0.2) is 0 Å². The van der Waals surface area contributed by atoms with Crippen molar-refractivity contribution in [1.82, 2.24) is 14.9 Å². The van der Waals surface area contributed by atoms with Crippen molar-refractivity contribution in [3.05, 3.63) is 65.5 Å². The van der Waals surface area contributed by atoms with Crippen LogP contribution in [-0.2, 0) is 19.4 Å². The highest BCUT2D eigenvalue weighted by atomic mass is 15.1. The van der Waals surface area contributed by atoms with E-state index in [4.69, 9.17) is 10.7 Å². The third-order valence-corrected chi connectivity index (χ3v) is 5.35. The molecule has 4 rings (SSSR count). The second-order valence-electron chi connectivity index (χ2n) is 7.51. The van der Waals surface area contributed by atoms with Gasteiger partial charge < -0.3 is 10.7 Å². The van der Waals surface area contributed by atoms with Crippen LogP contribution < -0.4 is 5.73 Å². The zero-order valence-electron chi connectivity index (χ0n) is 15.3. The summed E-state index contributed by atoms with van der Waals surface area (Å²) in [5.41, 5.74) is 10.7. The zero-order chi connectivity index (χ0) is 17.8. The standard InChI is InChI=1S/C22H28N4/c23-11-10-17-5-3-6-18(13-17)15-26-12-4-7-19(16-26)14-22-24-20-8-1-2-9-21(20)25-22/h1-3,5-6,8-9,13,19H,4,7,10-12,14-16,23H2,(H,24,25)/t19-/m1/s1. The molecule has 1 atom stereocenters. The van der Waals surface area contributed by atoms with Crippen LogP contribution in [0.4, 0.5) is 0 Å². The number of fused-ring (bicyclic) bond motifs is 1. The van der Waals surface area contributed by atoms with E-state index in [1.54, 1.807) is 0 Å². The number of imidazole rings is 1. The van der Waals surface area contributed by atoms with Gasteiger partial charge >= 0.3 is 0 Å². The molecule has 136 valence electrons. The van der Waals surface area contributed by atoms with Gasteiger partial charge in [-0.2, -0.15) is 0 Å². The van der Waals surface area contributed by atoms with Crippen molar-refractivity contribution < 1.29 is 0 Å². The maximum absolute atomic E-state index is 5.69. The second-order valence-corrected chi connectivity index (χ2v) is 7.51. The number of aromatic amines is 1. The first-order valence-corrected chi connectivity index (χ1v) is 9.74. The quantitative estimate of drug-likeness (QED) is 0.716. The van der Waals surface area contributed by atoms with Gasteiger partial charge in [0.25, 0.3) is 0 Å². The van der Waals surface area contributed by atoms with Gasteiger partial charge in [0.05, 0.1) is 11.0 Å². The summed E-state index contributed by atoms with van der Waals surface area (Å²) in [6.07, 6.45) is 4.56. The smallest absolute Gasteiger partial charge is 0.107 e. The second kappa shape index (κ2) is 8.02. The molecule has 26 heavy (non-hydrogen) atoms. The topological polar surface area (TPSA) is 57.9 Å². The van der Waals surface area contributed by atoms with Crippen LogP contribution in [0.3, 0.4) is 0 Å². The Morgan fingerprint density at radius 2 is 2.00 bits per heavy atom. The molecule has 1 saturated heterocycles. The molecule has 0 radical (unpaired) electrons. The summed E-state index contributed by atoms with van der Waals surface area (Å²) in [5.74, 6) is 1.81. The van der Waals surface area contributed by atoms with Gasteiger partial charge in [0.1, 0.15) is 5.82 Å². The lowest BCUT2D eigenvalue weighted by Crippen LogP contribution is -2.35. The molecule has 0 bridgehead atoms. The van der Waals surface area contributed by atoms with Crippen molar-refractivity contribution >= 4 is 11.0 Å². The Labute approximate surface area is 155 Å². The number of aromatic nitrogens is 2. The van der Waals surface area contributed by atoms with Crippen LogP contribution in [0.5, 0.6) is 0 Å². The van der Waals surface area contributed by atoms with Crippen LogP contribution in [0, 0.1) is 5.92 Å². The molecule has 4 nitrogen and oxygen atoms in total. The average Bonchev–Trinajstić information content (AvgIpc) is 3.05. The van der Waals surface area contributed by atoms with E-state index in [1.165, 1.54) is 30.5 Å². The highest BCUT2D eigenvalue weighted by Crippen LogP contribution is 2.23. The van der Waals surface area contributed by atoms with Crippen LogP contribution in [0.15, 0.2) is 48.5 Å². The molecule has 0 saturated carbocycles. The lowest BCUT2D eigenvalue weighted by molar-refractivity contribution is 0.166. The van der Waals surface area contributed by atoms with E-state index in [0.717, 1.165) is 42.8 Å². The third kappa shape index (κ3) is 4.14. The van der Waals surface area contributed by atoms with Crippen LogP contribution in [0.1, 0.15) is 29.8 Å². The molecule has 3 N–H and O–H groups in total. The highest BCUT2D eigenvalue weighted by Gasteiger charge is 2.21. The average molecular weight is 348 g/mol. The van der Waals surface area contributed by atoms with Crippen LogP contribution >= 0.6 is 0 Å². The van der Waals surface area contributed by atoms with Crippen molar-refractivity contribution in [2.24, 2.45) is 11.7 Å². The van der Waals surface area contributed by atoms with Crippen LogP contribution in [0.2, 0.25) is 0 Å². The lowest BCUT2D eigenvalue weighted by atomic mass is 9.94. The molecule has 3 aromatic rings. The van der Waals surface area contributed by atoms with Crippen molar-refractivity contribution in [1.29, 1.82) is 0 Å². The Morgan fingerprint density at radius 1 is 1.12 bits per heavy atom. The maximum Gasteiger partial charge on any atom is 0.107 e. The minimum absolute atomic E-state index is 0.677. The molecule has 2 heterocycles. The van der Waals surface area contributed by atoms with Gasteiger partial charge in [-0.1, -0.05) is 36.4 Å². The van der Waals surface area contributed by atoms with E-state index >= 15 is 0 Å². The Balaban J connectivity index is 1.38. The number of likely N-dealkylation sites (tertiary alicyclic amines) is 1. The molecular formula is C22H28N4. The molecule has 1 aliphatic heterocycles. The zero-order valence-corrected chi connectivity index (χ0v) is 15.3. The predicted octanol–water partition coefficient (Wildman–Crippen LogP) is 3.52. The summed E-state index contributed by atoms with van der Waals surface area (Å²) in [6.45, 7) is 4.09. The number of piperidine rings is 1. The summed E-state index contributed by atoms with van der Waals surface area (Å²) >= 11 is 0. The SMILES string of the molecule is NCCc1cccc(CN2CCC[C@H](Cc3nc4ccccc4[nH]3)C2)c1. The van der Waals surface area contributed by atoms with Gasteiger partial charge in [-0.15, -0.1) is 0 Å². The van der Waals surface area contributed by atoms with Crippen LogP contribution in [-0.4, -0.2) is 34.5 Å². The van der Waals surface area contributed by atoms with Gasteiger partial charge in [-0.25, -0.2) is 4.98 Å². The molecule has 0 amide bonds. The van der Waals surface area contributed by atoms with E-state index in [2.05, 4.69) is 52.3 Å². The number of nitrogens with one attached hydrogen (secondary N) is 1. The van der Waals surface area contributed by atoms with E-state index in [-0.39, 0.29) is 0 Å². The first-order valence-electron chi connectivity index (χ1n) is 9.74. The summed E-state index contributed by atoms with van der Waals surface area (Å²) < 4.78 is 0. The fourth-order valence-corrected chi connectivity index (χ4v) is 4.15. The summed E-state index contributed by atoms with van der Waals surface area (Å²) in [6, 6.07) is 17.2. The van der Waals surface area contributed by atoms with E-state index in [1.807, 2.05) is 6.07 Å².